The molecule has 2 amide bonds. The van der Waals surface area contributed by atoms with Gasteiger partial charge in [-0.2, -0.15) is 0 Å². The zero-order chi connectivity index (χ0) is 27.7. The average molecular weight is 536 g/mol. The molecule has 0 spiro atoms. The molecule has 0 radical (unpaired) electrons. The molecule has 1 N–H and O–H groups in total. The molecular formula is C34H37N3O3. The predicted molar refractivity (Wildman–Crippen MR) is 157 cm³/mol. The highest BCUT2D eigenvalue weighted by Gasteiger charge is 2.52. The summed E-state index contributed by atoms with van der Waals surface area (Å²) in [6, 6.07) is 26.0. The smallest absolute Gasteiger partial charge is 0.272 e. The molecule has 40 heavy (non-hydrogen) atoms. The number of carbonyl (C=O) groups is 2. The zero-order valence-electron chi connectivity index (χ0n) is 23.4. The van der Waals surface area contributed by atoms with Crippen LogP contribution in [-0.2, 0) is 23.4 Å². The van der Waals surface area contributed by atoms with Crippen molar-refractivity contribution in [3.8, 4) is 5.75 Å². The quantitative estimate of drug-likeness (QED) is 0.293. The molecule has 1 saturated carbocycles. The molecule has 6 nitrogen and oxygen atoms in total. The third-order valence-corrected chi connectivity index (χ3v) is 8.70. The highest BCUT2D eigenvalue weighted by Crippen LogP contribution is 2.41. The lowest BCUT2D eigenvalue weighted by molar-refractivity contribution is -0.136. The van der Waals surface area contributed by atoms with Crippen LogP contribution in [0.15, 0.2) is 78.9 Å². The molecule has 1 unspecified atom stereocenters. The molecule has 1 fully saturated rings. The minimum atomic E-state index is -1.22. The van der Waals surface area contributed by atoms with Gasteiger partial charge < -0.3 is 19.5 Å². The molecule has 1 aliphatic heterocycles. The Morgan fingerprint density at radius 2 is 1.68 bits per heavy atom. The number of nitrogens with one attached hydrogen (secondary N) is 1. The van der Waals surface area contributed by atoms with Gasteiger partial charge >= 0.3 is 0 Å². The molecule has 6 heteroatoms. The Bertz CT molecular complexity index is 1520. The largest absolute Gasteiger partial charge is 0.497 e. The normalized spacial score (nSPS) is 19.8. The number of fused-ring (bicyclic) bond motifs is 3. The number of aromatic nitrogens is 1. The van der Waals surface area contributed by atoms with E-state index >= 15 is 0 Å². The number of hydrogen-bond acceptors (Lipinski definition) is 3. The van der Waals surface area contributed by atoms with Gasteiger partial charge in [-0.25, -0.2) is 0 Å². The van der Waals surface area contributed by atoms with Gasteiger partial charge in [0.1, 0.15) is 11.4 Å². The van der Waals surface area contributed by atoms with Crippen LogP contribution in [0.5, 0.6) is 5.75 Å². The highest BCUT2D eigenvalue weighted by atomic mass is 16.5. The van der Waals surface area contributed by atoms with Crippen LogP contribution >= 0.6 is 0 Å². The second-order valence-corrected chi connectivity index (χ2v) is 11.3. The van der Waals surface area contributed by atoms with Crippen molar-refractivity contribution in [2.45, 2.75) is 70.1 Å². The summed E-state index contributed by atoms with van der Waals surface area (Å²) >= 11 is 0. The van der Waals surface area contributed by atoms with E-state index in [0.29, 0.717) is 18.8 Å². The number of nitrogens with zero attached hydrogens (tertiary/aromatic N) is 2. The van der Waals surface area contributed by atoms with Gasteiger partial charge in [0.2, 0.25) is 0 Å². The molecule has 2 aliphatic rings. The van der Waals surface area contributed by atoms with Crippen molar-refractivity contribution in [3.63, 3.8) is 0 Å². The van der Waals surface area contributed by atoms with Crippen LogP contribution in [0.1, 0.15) is 65.7 Å². The molecule has 0 saturated heterocycles. The molecule has 2 heterocycles. The van der Waals surface area contributed by atoms with Crippen LogP contribution in [0.3, 0.4) is 0 Å². The molecule has 4 aromatic rings. The Morgan fingerprint density at radius 3 is 2.38 bits per heavy atom. The summed E-state index contributed by atoms with van der Waals surface area (Å²) < 4.78 is 7.55. The number of rotatable bonds is 6. The van der Waals surface area contributed by atoms with Crippen molar-refractivity contribution in [3.05, 3.63) is 101 Å². The van der Waals surface area contributed by atoms with Crippen molar-refractivity contribution in [2.75, 3.05) is 7.11 Å². The monoisotopic (exact) mass is 535 g/mol. The molecular weight excluding hydrogens is 498 g/mol. The van der Waals surface area contributed by atoms with Crippen LogP contribution in [-0.4, -0.2) is 34.4 Å². The fraction of sp³-hybridized carbons (Fsp3) is 0.353. The van der Waals surface area contributed by atoms with Crippen LogP contribution in [0, 0.1) is 6.92 Å². The number of ether oxygens (including phenoxy) is 1. The summed E-state index contributed by atoms with van der Waals surface area (Å²) in [5.74, 6) is 0.458. The minimum absolute atomic E-state index is 0.106. The van der Waals surface area contributed by atoms with E-state index in [1.807, 2.05) is 64.1 Å². The Hall–Kier alpha value is -4.06. The van der Waals surface area contributed by atoms with Crippen molar-refractivity contribution >= 4 is 22.7 Å². The maximum absolute atomic E-state index is 14.7. The van der Waals surface area contributed by atoms with Crippen molar-refractivity contribution in [1.82, 2.24) is 14.8 Å². The van der Waals surface area contributed by atoms with E-state index in [4.69, 9.17) is 4.74 Å². The third kappa shape index (κ3) is 4.66. The number of aryl methyl sites for hydroxylation is 1. The highest BCUT2D eigenvalue weighted by molar-refractivity contribution is 6.04. The lowest BCUT2D eigenvalue weighted by atomic mass is 9.83. The fourth-order valence-electron chi connectivity index (χ4n) is 6.43. The molecule has 1 atom stereocenters. The van der Waals surface area contributed by atoms with E-state index in [-0.39, 0.29) is 17.9 Å². The SMILES string of the molecule is COc1ccc2cc3n(c2c1)CC(C(=O)NC1CCCCCC1)(c1ccccc1)N(Cc1ccc(C)cc1)C3=O. The summed E-state index contributed by atoms with van der Waals surface area (Å²) in [7, 11) is 1.64. The number of methoxy groups -OCH3 is 1. The summed E-state index contributed by atoms with van der Waals surface area (Å²) in [4.78, 5) is 31.1. The number of amides is 2. The number of hydrogen-bond donors (Lipinski definition) is 1. The molecule has 1 aliphatic carbocycles. The summed E-state index contributed by atoms with van der Waals surface area (Å²) in [5, 5.41) is 4.39. The van der Waals surface area contributed by atoms with Crippen molar-refractivity contribution < 1.29 is 14.3 Å². The maximum Gasteiger partial charge on any atom is 0.272 e. The van der Waals surface area contributed by atoms with E-state index in [9.17, 15) is 9.59 Å². The van der Waals surface area contributed by atoms with Crippen molar-refractivity contribution in [1.29, 1.82) is 0 Å². The zero-order valence-corrected chi connectivity index (χ0v) is 23.4. The number of benzene rings is 3. The first-order valence-corrected chi connectivity index (χ1v) is 14.4. The van der Waals surface area contributed by atoms with Crippen LogP contribution < -0.4 is 10.1 Å². The van der Waals surface area contributed by atoms with Gasteiger partial charge in [0.25, 0.3) is 11.8 Å². The fourth-order valence-corrected chi connectivity index (χ4v) is 6.43. The molecule has 1 aromatic heterocycles. The first-order valence-electron chi connectivity index (χ1n) is 14.4. The van der Waals surface area contributed by atoms with Gasteiger partial charge in [0.05, 0.1) is 19.2 Å². The summed E-state index contributed by atoms with van der Waals surface area (Å²) in [6.45, 7) is 2.70. The van der Waals surface area contributed by atoms with Gasteiger partial charge in [-0.05, 0) is 49.1 Å². The predicted octanol–water partition coefficient (Wildman–Crippen LogP) is 6.35. The average Bonchev–Trinajstić information content (AvgIpc) is 3.14. The Kier molecular flexibility index (Phi) is 7.09. The first kappa shape index (κ1) is 26.2. The Morgan fingerprint density at radius 1 is 0.950 bits per heavy atom. The van der Waals surface area contributed by atoms with E-state index < -0.39 is 5.54 Å². The topological polar surface area (TPSA) is 63.6 Å². The molecule has 206 valence electrons. The molecule has 0 bridgehead atoms. The lowest BCUT2D eigenvalue weighted by Gasteiger charge is -2.47. The van der Waals surface area contributed by atoms with E-state index in [0.717, 1.165) is 59.0 Å². The third-order valence-electron chi connectivity index (χ3n) is 8.70. The van der Waals surface area contributed by atoms with Gasteiger partial charge in [-0.3, -0.25) is 9.59 Å². The van der Waals surface area contributed by atoms with E-state index in [1.165, 1.54) is 12.8 Å². The van der Waals surface area contributed by atoms with Crippen LogP contribution in [0.4, 0.5) is 0 Å². The van der Waals surface area contributed by atoms with Crippen LogP contribution in [0.25, 0.3) is 10.9 Å². The summed E-state index contributed by atoms with van der Waals surface area (Å²) in [6.07, 6.45) is 6.57. The first-order chi connectivity index (χ1) is 19.5. The lowest BCUT2D eigenvalue weighted by Crippen LogP contribution is -2.63. The second-order valence-electron chi connectivity index (χ2n) is 11.3. The molecule has 6 rings (SSSR count). The van der Waals surface area contributed by atoms with Crippen molar-refractivity contribution in [2.24, 2.45) is 0 Å². The number of carbonyl (C=O) groups excluding carboxylic acids is 2. The van der Waals surface area contributed by atoms with Gasteiger partial charge in [-0.15, -0.1) is 0 Å². The summed E-state index contributed by atoms with van der Waals surface area (Å²) in [5.41, 5.74) is 3.22. The van der Waals surface area contributed by atoms with Gasteiger partial charge in [0, 0.05) is 24.0 Å². The molecule has 3 aromatic carbocycles. The Labute approximate surface area is 235 Å². The van der Waals surface area contributed by atoms with Crippen LogP contribution in [0.2, 0.25) is 0 Å². The maximum atomic E-state index is 14.7. The van der Waals surface area contributed by atoms with Gasteiger partial charge in [0.15, 0.2) is 5.54 Å². The Balaban J connectivity index is 1.53. The van der Waals surface area contributed by atoms with Gasteiger partial charge in [-0.1, -0.05) is 85.8 Å². The standard InChI is InChI=1S/C34H37N3O3/c1-24-14-16-25(17-15-24)22-37-32(38)31-20-26-18-19-29(40-2)21-30(26)36(31)23-34(37,27-10-6-5-7-11-27)33(39)35-28-12-8-3-4-9-13-28/h5-7,10-11,14-21,28H,3-4,8-9,12-13,22-23H2,1-2H3,(H,35,39). The second kappa shape index (κ2) is 10.8. The van der Waals surface area contributed by atoms with E-state index in [1.54, 1.807) is 7.11 Å². The van der Waals surface area contributed by atoms with E-state index in [2.05, 4.69) is 36.5 Å². The minimum Gasteiger partial charge on any atom is -0.497 e.